The zero-order valence-electron chi connectivity index (χ0n) is 11.3. The van der Waals surface area contributed by atoms with Crippen LogP contribution in [0, 0.1) is 24.7 Å². The molecule has 1 N–H and O–H groups in total. The average Bonchev–Trinajstić information content (AvgIpc) is 2.95. The molecule has 1 amide bonds. The molecule has 3 atom stereocenters. The van der Waals surface area contributed by atoms with E-state index in [1.54, 1.807) is 0 Å². The lowest BCUT2D eigenvalue weighted by atomic mass is 9.86. The van der Waals surface area contributed by atoms with Crippen LogP contribution >= 0.6 is 15.9 Å². The molecular weight excluding hydrogens is 302 g/mol. The van der Waals surface area contributed by atoms with Crippen molar-refractivity contribution in [1.82, 2.24) is 0 Å². The molecule has 2 nitrogen and oxygen atoms in total. The largest absolute Gasteiger partial charge is 0.325 e. The van der Waals surface area contributed by atoms with Gasteiger partial charge in [0.25, 0.3) is 0 Å². The minimum absolute atomic E-state index is 0.169. The van der Waals surface area contributed by atoms with E-state index in [-0.39, 0.29) is 5.91 Å². The van der Waals surface area contributed by atoms with Gasteiger partial charge in [0.15, 0.2) is 0 Å². The van der Waals surface area contributed by atoms with Crippen molar-refractivity contribution >= 4 is 27.5 Å². The van der Waals surface area contributed by atoms with Gasteiger partial charge in [0.2, 0.25) is 5.91 Å². The average molecular weight is 322 g/mol. The second-order valence-corrected chi connectivity index (χ2v) is 7.02. The van der Waals surface area contributed by atoms with Gasteiger partial charge in [0, 0.05) is 10.9 Å². The molecule has 0 unspecified atom stereocenters. The highest BCUT2D eigenvalue weighted by molar-refractivity contribution is 9.10. The topological polar surface area (TPSA) is 29.1 Å². The molecule has 2 saturated carbocycles. The van der Waals surface area contributed by atoms with Gasteiger partial charge >= 0.3 is 0 Å². The number of halogens is 1. The van der Waals surface area contributed by atoms with Gasteiger partial charge in [0.1, 0.15) is 0 Å². The molecule has 2 bridgehead atoms. The van der Waals surface area contributed by atoms with E-state index in [0.29, 0.717) is 12.3 Å². The second-order valence-electron chi connectivity index (χ2n) is 6.17. The van der Waals surface area contributed by atoms with Crippen LogP contribution in [0.15, 0.2) is 22.7 Å². The molecule has 0 aliphatic heterocycles. The molecule has 1 aromatic rings. The predicted molar refractivity (Wildman–Crippen MR) is 81.1 cm³/mol. The van der Waals surface area contributed by atoms with Gasteiger partial charge in [-0.2, -0.15) is 0 Å². The third-order valence-electron chi connectivity index (χ3n) is 4.73. The van der Waals surface area contributed by atoms with Crippen LogP contribution in [-0.2, 0) is 4.79 Å². The molecule has 0 aromatic heterocycles. The highest BCUT2D eigenvalue weighted by Gasteiger charge is 2.40. The Morgan fingerprint density at radius 2 is 2.21 bits per heavy atom. The van der Waals surface area contributed by atoms with E-state index in [2.05, 4.69) is 21.2 Å². The molecule has 3 heteroatoms. The highest BCUT2D eigenvalue weighted by Crippen LogP contribution is 2.49. The Morgan fingerprint density at radius 3 is 2.84 bits per heavy atom. The zero-order valence-corrected chi connectivity index (χ0v) is 12.9. The molecule has 3 rings (SSSR count). The van der Waals surface area contributed by atoms with Crippen molar-refractivity contribution in [3.8, 4) is 0 Å². The minimum atomic E-state index is 0.169. The number of rotatable bonds is 3. The van der Waals surface area contributed by atoms with Crippen LogP contribution in [0.25, 0.3) is 0 Å². The molecule has 2 fully saturated rings. The number of fused-ring (bicyclic) bond motifs is 2. The van der Waals surface area contributed by atoms with Gasteiger partial charge in [-0.15, -0.1) is 0 Å². The Morgan fingerprint density at radius 1 is 1.37 bits per heavy atom. The fraction of sp³-hybridized carbons (Fsp3) is 0.562. The van der Waals surface area contributed by atoms with E-state index >= 15 is 0 Å². The Balaban J connectivity index is 1.59. The first-order valence-corrected chi connectivity index (χ1v) is 7.97. The van der Waals surface area contributed by atoms with Crippen LogP contribution in [0.2, 0.25) is 0 Å². The van der Waals surface area contributed by atoms with Crippen molar-refractivity contribution in [3.05, 3.63) is 28.2 Å². The number of carbonyl (C=O) groups excluding carboxylic acids is 1. The van der Waals surface area contributed by atoms with Crippen molar-refractivity contribution < 1.29 is 4.79 Å². The van der Waals surface area contributed by atoms with Crippen molar-refractivity contribution in [1.29, 1.82) is 0 Å². The van der Waals surface area contributed by atoms with E-state index in [1.165, 1.54) is 31.2 Å². The standard InChI is InChI=1S/C16H20BrNO/c1-10-2-5-15(14(17)6-10)18-16(19)9-13-8-11-3-4-12(13)7-11/h2,5-6,11-13H,3-4,7-9H2,1H3,(H,18,19)/t11-,12-,13-/m0/s1. The summed E-state index contributed by atoms with van der Waals surface area (Å²) in [6.45, 7) is 2.05. The lowest BCUT2D eigenvalue weighted by Gasteiger charge is -2.21. The third-order valence-corrected chi connectivity index (χ3v) is 5.39. The smallest absolute Gasteiger partial charge is 0.224 e. The summed E-state index contributed by atoms with van der Waals surface area (Å²) in [6.07, 6.45) is 6.07. The summed E-state index contributed by atoms with van der Waals surface area (Å²) in [5.74, 6) is 2.52. The number of amides is 1. The van der Waals surface area contributed by atoms with Crippen LogP contribution in [0.4, 0.5) is 5.69 Å². The maximum atomic E-state index is 12.1. The highest BCUT2D eigenvalue weighted by atomic mass is 79.9. The summed E-state index contributed by atoms with van der Waals surface area (Å²) in [6, 6.07) is 6.03. The normalized spacial score (nSPS) is 28.6. The van der Waals surface area contributed by atoms with E-state index in [1.807, 2.05) is 25.1 Å². The Kier molecular flexibility index (Phi) is 3.66. The number of aryl methyl sites for hydroxylation is 1. The van der Waals surface area contributed by atoms with Crippen LogP contribution in [0.1, 0.15) is 37.7 Å². The van der Waals surface area contributed by atoms with Gasteiger partial charge in [-0.05, 0) is 77.6 Å². The number of hydrogen-bond acceptors (Lipinski definition) is 1. The van der Waals surface area contributed by atoms with Crippen molar-refractivity contribution in [2.24, 2.45) is 17.8 Å². The van der Waals surface area contributed by atoms with Crippen LogP contribution in [0.3, 0.4) is 0 Å². The summed E-state index contributed by atoms with van der Waals surface area (Å²) in [4.78, 5) is 12.1. The minimum Gasteiger partial charge on any atom is -0.325 e. The third kappa shape index (κ3) is 2.86. The van der Waals surface area contributed by atoms with E-state index in [4.69, 9.17) is 0 Å². The van der Waals surface area contributed by atoms with Crippen molar-refractivity contribution in [2.75, 3.05) is 5.32 Å². The molecule has 2 aliphatic rings. The SMILES string of the molecule is Cc1ccc(NC(=O)C[C@@H]2C[C@H]3CC[C@H]2C3)c(Br)c1. The van der Waals surface area contributed by atoms with Crippen molar-refractivity contribution in [2.45, 2.75) is 39.0 Å². The molecule has 102 valence electrons. The van der Waals surface area contributed by atoms with Gasteiger partial charge < -0.3 is 5.32 Å². The van der Waals surface area contributed by atoms with Crippen molar-refractivity contribution in [3.63, 3.8) is 0 Å². The molecule has 0 saturated heterocycles. The molecule has 0 heterocycles. The number of carbonyl (C=O) groups is 1. The van der Waals surface area contributed by atoms with Gasteiger partial charge in [-0.3, -0.25) is 4.79 Å². The number of anilines is 1. The molecule has 2 aliphatic carbocycles. The first kappa shape index (κ1) is 13.2. The quantitative estimate of drug-likeness (QED) is 0.871. The van der Waals surface area contributed by atoms with Gasteiger partial charge in [0.05, 0.1) is 5.69 Å². The maximum Gasteiger partial charge on any atom is 0.224 e. The fourth-order valence-corrected chi connectivity index (χ4v) is 4.38. The number of hydrogen-bond donors (Lipinski definition) is 1. The predicted octanol–water partition coefficient (Wildman–Crippen LogP) is 4.52. The van der Waals surface area contributed by atoms with Crippen LogP contribution < -0.4 is 5.32 Å². The maximum absolute atomic E-state index is 12.1. The molecule has 0 spiro atoms. The summed E-state index contributed by atoms with van der Waals surface area (Å²) in [7, 11) is 0. The number of nitrogens with one attached hydrogen (secondary N) is 1. The van der Waals surface area contributed by atoms with E-state index < -0.39 is 0 Å². The van der Waals surface area contributed by atoms with Crippen LogP contribution in [-0.4, -0.2) is 5.91 Å². The summed E-state index contributed by atoms with van der Waals surface area (Å²) < 4.78 is 0.966. The van der Waals surface area contributed by atoms with E-state index in [0.717, 1.165) is 22.0 Å². The monoisotopic (exact) mass is 321 g/mol. The Hall–Kier alpha value is -0.830. The van der Waals surface area contributed by atoms with Crippen LogP contribution in [0.5, 0.6) is 0 Å². The summed E-state index contributed by atoms with van der Waals surface area (Å²) >= 11 is 3.51. The molecule has 19 heavy (non-hydrogen) atoms. The Bertz CT molecular complexity index is 500. The first-order chi connectivity index (χ1) is 9.11. The molecule has 1 aromatic carbocycles. The molecule has 0 radical (unpaired) electrons. The zero-order chi connectivity index (χ0) is 13.4. The second kappa shape index (κ2) is 5.28. The fourth-order valence-electron chi connectivity index (χ4n) is 3.79. The lowest BCUT2D eigenvalue weighted by molar-refractivity contribution is -0.117. The summed E-state index contributed by atoms with van der Waals surface area (Å²) in [5, 5.41) is 3.04. The first-order valence-electron chi connectivity index (χ1n) is 7.18. The Labute approximate surface area is 123 Å². The van der Waals surface area contributed by atoms with E-state index in [9.17, 15) is 4.79 Å². The summed E-state index contributed by atoms with van der Waals surface area (Å²) in [5.41, 5.74) is 2.08. The van der Waals surface area contributed by atoms with Gasteiger partial charge in [-0.1, -0.05) is 12.5 Å². The number of benzene rings is 1. The van der Waals surface area contributed by atoms with Gasteiger partial charge in [-0.25, -0.2) is 0 Å². The lowest BCUT2D eigenvalue weighted by Crippen LogP contribution is -2.20. The molecular formula is C16H20BrNO.